The third-order valence-electron chi connectivity index (χ3n) is 7.45. The molecule has 3 aliphatic rings. The van der Waals surface area contributed by atoms with Gasteiger partial charge in [-0.05, 0) is 55.7 Å². The maximum absolute atomic E-state index is 15.6. The third-order valence-corrected chi connectivity index (χ3v) is 7.45. The van der Waals surface area contributed by atoms with Crippen LogP contribution in [0.3, 0.4) is 0 Å². The summed E-state index contributed by atoms with van der Waals surface area (Å²) in [5, 5.41) is 0. The lowest BCUT2D eigenvalue weighted by Crippen LogP contribution is -2.31. The van der Waals surface area contributed by atoms with Crippen LogP contribution in [0.5, 0.6) is 11.5 Å². The maximum Gasteiger partial charge on any atom is 0.228 e. The van der Waals surface area contributed by atoms with Crippen LogP contribution in [0.15, 0.2) is 23.1 Å². The number of hydrogen-bond acceptors (Lipinski definition) is 5. The zero-order valence-corrected chi connectivity index (χ0v) is 18.7. The van der Waals surface area contributed by atoms with Gasteiger partial charge < -0.3 is 18.8 Å². The van der Waals surface area contributed by atoms with E-state index in [0.29, 0.717) is 30.3 Å². The van der Waals surface area contributed by atoms with E-state index in [9.17, 15) is 9.59 Å². The summed E-state index contributed by atoms with van der Waals surface area (Å²) >= 11 is 0. The Morgan fingerprint density at radius 1 is 1.19 bits per heavy atom. The smallest absolute Gasteiger partial charge is 0.228 e. The summed E-state index contributed by atoms with van der Waals surface area (Å²) in [6, 6.07) is 3.77. The van der Waals surface area contributed by atoms with Crippen molar-refractivity contribution >= 4 is 5.78 Å². The van der Waals surface area contributed by atoms with Crippen LogP contribution in [0.1, 0.15) is 66.9 Å². The Labute approximate surface area is 186 Å². The second kappa shape index (κ2) is 7.73. The van der Waals surface area contributed by atoms with Gasteiger partial charge in [-0.3, -0.25) is 9.59 Å². The van der Waals surface area contributed by atoms with Crippen LogP contribution in [0, 0.1) is 11.2 Å². The van der Waals surface area contributed by atoms with Gasteiger partial charge in [0.2, 0.25) is 5.43 Å². The molecule has 2 aliphatic carbocycles. The van der Waals surface area contributed by atoms with Crippen molar-refractivity contribution in [1.29, 1.82) is 0 Å². The molecule has 0 unspecified atom stereocenters. The molecule has 2 fully saturated rings. The van der Waals surface area contributed by atoms with E-state index >= 15 is 4.39 Å². The first-order valence-corrected chi connectivity index (χ1v) is 11.2. The number of rotatable bonds is 7. The van der Waals surface area contributed by atoms with Gasteiger partial charge >= 0.3 is 0 Å². The minimum atomic E-state index is -0.865. The third kappa shape index (κ3) is 3.09. The van der Waals surface area contributed by atoms with Crippen molar-refractivity contribution in [1.82, 2.24) is 4.57 Å². The molecule has 1 aromatic carbocycles. The molecular formula is C25H28FNO5. The lowest BCUT2D eigenvalue weighted by atomic mass is 9.81. The van der Waals surface area contributed by atoms with Gasteiger partial charge in [0.1, 0.15) is 0 Å². The van der Waals surface area contributed by atoms with Crippen molar-refractivity contribution in [2.45, 2.75) is 51.0 Å². The molecule has 0 bridgehead atoms. The SMILES string of the molecule is COCCCOc1cc2c(cc1OC)-c1c(F)c(=O)c(C(C)=O)cn1[C@H]1[C@@H]2CCC12CC2. The molecule has 170 valence electrons. The second-order valence-corrected chi connectivity index (χ2v) is 9.24. The molecule has 32 heavy (non-hydrogen) atoms. The molecule has 1 aromatic heterocycles. The largest absolute Gasteiger partial charge is 0.493 e. The number of ketones is 1. The zero-order valence-electron chi connectivity index (χ0n) is 18.7. The van der Waals surface area contributed by atoms with E-state index in [1.54, 1.807) is 26.5 Å². The summed E-state index contributed by atoms with van der Waals surface area (Å²) < 4.78 is 34.1. The first kappa shape index (κ1) is 21.2. The van der Waals surface area contributed by atoms with Gasteiger partial charge in [0.25, 0.3) is 0 Å². The molecule has 5 rings (SSSR count). The summed E-state index contributed by atoms with van der Waals surface area (Å²) in [4.78, 5) is 24.8. The number of Topliss-reactive ketones (excluding diaryl/α,β-unsaturated/α-hetero) is 1. The van der Waals surface area contributed by atoms with Gasteiger partial charge in [-0.15, -0.1) is 0 Å². The van der Waals surface area contributed by atoms with Gasteiger partial charge in [0.15, 0.2) is 23.1 Å². The quantitative estimate of drug-likeness (QED) is 0.468. The van der Waals surface area contributed by atoms with Crippen LogP contribution in [-0.4, -0.2) is 37.8 Å². The predicted molar refractivity (Wildman–Crippen MR) is 117 cm³/mol. The van der Waals surface area contributed by atoms with Gasteiger partial charge in [0, 0.05) is 43.9 Å². The van der Waals surface area contributed by atoms with Gasteiger partial charge in [0.05, 0.1) is 25.0 Å². The van der Waals surface area contributed by atoms with E-state index in [4.69, 9.17) is 14.2 Å². The van der Waals surface area contributed by atoms with Crippen LogP contribution in [-0.2, 0) is 4.74 Å². The van der Waals surface area contributed by atoms with E-state index in [1.807, 2.05) is 10.6 Å². The molecule has 7 heteroatoms. The molecule has 2 atom stereocenters. The lowest BCUT2D eigenvalue weighted by Gasteiger charge is -2.37. The molecule has 1 spiro atoms. The second-order valence-electron chi connectivity index (χ2n) is 9.24. The zero-order chi connectivity index (χ0) is 22.6. The van der Waals surface area contributed by atoms with E-state index in [1.165, 1.54) is 6.92 Å². The summed E-state index contributed by atoms with van der Waals surface area (Å²) in [7, 11) is 3.20. The maximum atomic E-state index is 15.6. The van der Waals surface area contributed by atoms with E-state index < -0.39 is 17.0 Å². The monoisotopic (exact) mass is 441 g/mol. The van der Waals surface area contributed by atoms with Crippen molar-refractivity contribution in [2.75, 3.05) is 27.4 Å². The van der Waals surface area contributed by atoms with Crippen molar-refractivity contribution in [3.05, 3.63) is 45.5 Å². The molecule has 0 amide bonds. The standard InChI is InChI=1S/C25H28FNO5/c1-14(28)18-13-27-22(21(26)23(18)29)17-12-19(31-3)20(32-10-4-9-30-2)11-16(17)15-5-6-25(7-8-25)24(15)27/h11-13,15,24H,4-10H2,1-3H3/t15-,24+/m1/s1. The number of halogens is 1. The van der Waals surface area contributed by atoms with E-state index in [2.05, 4.69) is 0 Å². The topological polar surface area (TPSA) is 66.8 Å². The van der Waals surface area contributed by atoms with Crippen molar-refractivity contribution in [3.8, 4) is 22.8 Å². The van der Waals surface area contributed by atoms with Crippen molar-refractivity contribution in [2.24, 2.45) is 5.41 Å². The van der Waals surface area contributed by atoms with Crippen LogP contribution in [0.4, 0.5) is 4.39 Å². The normalized spacial score (nSPS) is 21.6. The number of pyridine rings is 1. The average molecular weight is 441 g/mol. The molecule has 0 N–H and O–H groups in total. The van der Waals surface area contributed by atoms with Crippen LogP contribution in [0.25, 0.3) is 11.3 Å². The molecule has 6 nitrogen and oxygen atoms in total. The molecule has 0 saturated heterocycles. The number of nitrogens with zero attached hydrogens (tertiary/aromatic N) is 1. The van der Waals surface area contributed by atoms with Gasteiger partial charge in [-0.2, -0.15) is 0 Å². The summed E-state index contributed by atoms with van der Waals surface area (Å²) in [5.41, 5.74) is 1.10. The minimum absolute atomic E-state index is 0.0351. The van der Waals surface area contributed by atoms with Crippen molar-refractivity contribution < 1.29 is 23.4 Å². The summed E-state index contributed by atoms with van der Waals surface area (Å²) in [6.45, 7) is 2.39. The molecule has 0 radical (unpaired) electrons. The van der Waals surface area contributed by atoms with E-state index in [0.717, 1.165) is 37.7 Å². The molecule has 2 saturated carbocycles. The highest BCUT2D eigenvalue weighted by Crippen LogP contribution is 2.70. The first-order chi connectivity index (χ1) is 15.4. The van der Waals surface area contributed by atoms with Crippen molar-refractivity contribution in [3.63, 3.8) is 0 Å². The number of fused-ring (bicyclic) bond motifs is 7. The Hall–Kier alpha value is -2.67. The number of hydrogen-bond donors (Lipinski definition) is 0. The molecule has 2 aromatic rings. The summed E-state index contributed by atoms with van der Waals surface area (Å²) in [6.07, 6.45) is 6.55. The highest BCUT2D eigenvalue weighted by molar-refractivity contribution is 5.94. The Morgan fingerprint density at radius 2 is 1.97 bits per heavy atom. The number of aromatic nitrogens is 1. The average Bonchev–Trinajstić information content (AvgIpc) is 3.46. The minimum Gasteiger partial charge on any atom is -0.493 e. The van der Waals surface area contributed by atoms with Crippen LogP contribution < -0.4 is 14.9 Å². The van der Waals surface area contributed by atoms with Crippen LogP contribution >= 0.6 is 0 Å². The van der Waals surface area contributed by atoms with Crippen LogP contribution in [0.2, 0.25) is 0 Å². The fourth-order valence-electron chi connectivity index (χ4n) is 5.77. The van der Waals surface area contributed by atoms with Gasteiger partial charge in [-0.25, -0.2) is 4.39 Å². The Balaban J connectivity index is 1.70. The fourth-order valence-corrected chi connectivity index (χ4v) is 5.77. The predicted octanol–water partition coefficient (Wildman–Crippen LogP) is 4.49. The fraction of sp³-hybridized carbons (Fsp3) is 0.520. The highest BCUT2D eigenvalue weighted by atomic mass is 19.1. The number of carbonyl (C=O) groups excluding carboxylic acids is 1. The van der Waals surface area contributed by atoms with E-state index in [-0.39, 0.29) is 28.6 Å². The molecule has 2 heterocycles. The Morgan fingerprint density at radius 3 is 2.62 bits per heavy atom. The number of methoxy groups -OCH3 is 2. The molecule has 1 aliphatic heterocycles. The number of benzene rings is 1. The molecular weight excluding hydrogens is 413 g/mol. The Bertz CT molecular complexity index is 1150. The summed E-state index contributed by atoms with van der Waals surface area (Å²) in [5.74, 6) is 0.0128. The lowest BCUT2D eigenvalue weighted by molar-refractivity contribution is 0.101. The van der Waals surface area contributed by atoms with Gasteiger partial charge in [-0.1, -0.05) is 0 Å². The first-order valence-electron chi connectivity index (χ1n) is 11.2. The highest BCUT2D eigenvalue weighted by Gasteiger charge is 2.59. The number of ether oxygens (including phenoxy) is 3. The number of carbonyl (C=O) groups is 1. The Kier molecular flexibility index (Phi) is 5.12.